The van der Waals surface area contributed by atoms with Crippen LogP contribution in [0, 0.1) is 18.6 Å². The molecule has 1 aliphatic heterocycles. The van der Waals surface area contributed by atoms with Crippen molar-refractivity contribution < 1.29 is 21.9 Å². The van der Waals surface area contributed by atoms with Gasteiger partial charge in [-0.1, -0.05) is 18.2 Å². The van der Waals surface area contributed by atoms with Crippen molar-refractivity contribution in [2.24, 2.45) is 0 Å². The molecular formula is C17H17F2NO3S. The second-order valence-corrected chi connectivity index (χ2v) is 7.70. The van der Waals surface area contributed by atoms with E-state index >= 15 is 0 Å². The highest BCUT2D eigenvalue weighted by Crippen LogP contribution is 2.26. The van der Waals surface area contributed by atoms with Gasteiger partial charge < -0.3 is 4.74 Å². The molecule has 1 fully saturated rings. The van der Waals surface area contributed by atoms with Gasteiger partial charge in [-0.2, -0.15) is 4.31 Å². The zero-order chi connectivity index (χ0) is 17.3. The predicted molar refractivity (Wildman–Crippen MR) is 84.9 cm³/mol. The Hall–Kier alpha value is -1.83. The van der Waals surface area contributed by atoms with Gasteiger partial charge in [-0.15, -0.1) is 0 Å². The summed E-state index contributed by atoms with van der Waals surface area (Å²) in [7, 11) is -3.72. The maximum Gasteiger partial charge on any atom is 0.243 e. The number of ether oxygens (including phenoxy) is 1. The molecule has 0 amide bonds. The lowest BCUT2D eigenvalue weighted by atomic mass is 10.2. The number of nitrogens with zero attached hydrogens (tertiary/aromatic N) is 1. The van der Waals surface area contributed by atoms with Crippen LogP contribution in [0.25, 0.3) is 0 Å². The Balaban J connectivity index is 1.60. The quantitative estimate of drug-likeness (QED) is 0.830. The molecule has 128 valence electrons. The van der Waals surface area contributed by atoms with Gasteiger partial charge in [0, 0.05) is 13.1 Å². The van der Waals surface area contributed by atoms with Crippen LogP contribution in [-0.2, 0) is 21.4 Å². The van der Waals surface area contributed by atoms with E-state index in [9.17, 15) is 17.2 Å². The monoisotopic (exact) mass is 353 g/mol. The number of rotatable bonds is 5. The number of halogens is 2. The molecular weight excluding hydrogens is 336 g/mol. The maximum absolute atomic E-state index is 13.3. The lowest BCUT2D eigenvalue weighted by Gasteiger charge is -2.38. The van der Waals surface area contributed by atoms with Crippen LogP contribution in [0.4, 0.5) is 8.78 Å². The molecule has 4 nitrogen and oxygen atoms in total. The van der Waals surface area contributed by atoms with Crippen LogP contribution < -0.4 is 0 Å². The van der Waals surface area contributed by atoms with E-state index in [1.54, 1.807) is 19.1 Å². The zero-order valence-corrected chi connectivity index (χ0v) is 13.9. The lowest BCUT2D eigenvalue weighted by molar-refractivity contribution is -0.0296. The number of aryl methyl sites for hydroxylation is 1. The second-order valence-electron chi connectivity index (χ2n) is 5.79. The number of sulfonamides is 1. The molecule has 0 atom stereocenters. The van der Waals surface area contributed by atoms with Crippen molar-refractivity contribution in [3.63, 3.8) is 0 Å². The van der Waals surface area contributed by atoms with Crippen LogP contribution in [0.2, 0.25) is 0 Å². The average molecular weight is 353 g/mol. The van der Waals surface area contributed by atoms with Gasteiger partial charge in [-0.3, -0.25) is 0 Å². The molecule has 0 saturated carbocycles. The van der Waals surface area contributed by atoms with Crippen LogP contribution in [0.15, 0.2) is 47.4 Å². The minimum atomic E-state index is -3.72. The van der Waals surface area contributed by atoms with Crippen LogP contribution in [0.3, 0.4) is 0 Å². The van der Waals surface area contributed by atoms with Gasteiger partial charge in [-0.25, -0.2) is 17.2 Å². The minimum absolute atomic E-state index is 0.0221. The Bertz CT molecular complexity index is 849. The molecule has 7 heteroatoms. The van der Waals surface area contributed by atoms with E-state index in [0.717, 1.165) is 6.07 Å². The van der Waals surface area contributed by atoms with Crippen molar-refractivity contribution in [1.82, 2.24) is 4.31 Å². The van der Waals surface area contributed by atoms with E-state index in [2.05, 4.69) is 0 Å². The fourth-order valence-electron chi connectivity index (χ4n) is 2.53. The summed E-state index contributed by atoms with van der Waals surface area (Å²) < 4.78 is 58.3. The van der Waals surface area contributed by atoms with Crippen molar-refractivity contribution in [1.29, 1.82) is 0 Å². The fourth-order valence-corrected chi connectivity index (χ4v) is 4.27. The summed E-state index contributed by atoms with van der Waals surface area (Å²) in [6, 6.07) is 9.78. The third kappa shape index (κ3) is 3.48. The van der Waals surface area contributed by atoms with E-state index in [4.69, 9.17) is 4.74 Å². The van der Waals surface area contributed by atoms with Gasteiger partial charge in [-0.05, 0) is 42.3 Å². The first-order chi connectivity index (χ1) is 11.4. The van der Waals surface area contributed by atoms with E-state index < -0.39 is 15.8 Å². The van der Waals surface area contributed by atoms with E-state index in [1.807, 2.05) is 0 Å². The van der Waals surface area contributed by atoms with E-state index in [-0.39, 0.29) is 36.5 Å². The molecule has 0 unspecified atom stereocenters. The van der Waals surface area contributed by atoms with Gasteiger partial charge in [0.1, 0.15) is 11.6 Å². The van der Waals surface area contributed by atoms with Gasteiger partial charge in [0.15, 0.2) is 0 Å². The first kappa shape index (κ1) is 17.0. The minimum Gasteiger partial charge on any atom is -0.371 e. The summed E-state index contributed by atoms with van der Waals surface area (Å²) in [6.07, 6.45) is -0.253. The van der Waals surface area contributed by atoms with Gasteiger partial charge >= 0.3 is 0 Å². The summed E-state index contributed by atoms with van der Waals surface area (Å²) in [5.41, 5.74) is 1.19. The molecule has 0 aromatic heterocycles. The van der Waals surface area contributed by atoms with Gasteiger partial charge in [0.2, 0.25) is 10.0 Å². The van der Waals surface area contributed by atoms with Crippen LogP contribution >= 0.6 is 0 Å². The normalized spacial score (nSPS) is 16.1. The molecule has 24 heavy (non-hydrogen) atoms. The Kier molecular flexibility index (Phi) is 4.67. The summed E-state index contributed by atoms with van der Waals surface area (Å²) in [5, 5.41) is 0. The average Bonchev–Trinajstić information content (AvgIpc) is 2.48. The maximum atomic E-state index is 13.3. The molecule has 0 radical (unpaired) electrons. The summed E-state index contributed by atoms with van der Waals surface area (Å²) in [6.45, 7) is 2.25. The van der Waals surface area contributed by atoms with Crippen LogP contribution in [-0.4, -0.2) is 31.9 Å². The molecule has 2 aromatic rings. The first-order valence-electron chi connectivity index (χ1n) is 7.48. The number of hydrogen-bond acceptors (Lipinski definition) is 3. The second kappa shape index (κ2) is 6.58. The van der Waals surface area contributed by atoms with Gasteiger partial charge in [0.05, 0.1) is 17.6 Å². The molecule has 0 spiro atoms. The molecule has 1 heterocycles. The van der Waals surface area contributed by atoms with Crippen molar-refractivity contribution in [2.45, 2.75) is 24.5 Å². The summed E-state index contributed by atoms with van der Waals surface area (Å²) in [5.74, 6) is -0.922. The predicted octanol–water partition coefficient (Wildman–Crippen LogP) is 2.86. The first-order valence-corrected chi connectivity index (χ1v) is 8.92. The van der Waals surface area contributed by atoms with E-state index in [0.29, 0.717) is 11.1 Å². The third-order valence-electron chi connectivity index (χ3n) is 3.96. The standard InChI is InChI=1S/C17H17F2NO3S/c1-12-5-6-15(19)8-17(12)24(21,22)20-9-16(10-20)23-11-13-3-2-4-14(18)7-13/h2-8,16H,9-11H2,1H3. The smallest absolute Gasteiger partial charge is 0.243 e. The highest BCUT2D eigenvalue weighted by atomic mass is 32.2. The van der Waals surface area contributed by atoms with Gasteiger partial charge in [0.25, 0.3) is 0 Å². The van der Waals surface area contributed by atoms with Crippen molar-refractivity contribution >= 4 is 10.0 Å². The highest BCUT2D eigenvalue weighted by Gasteiger charge is 2.38. The Morgan fingerprint density at radius 1 is 1.12 bits per heavy atom. The van der Waals surface area contributed by atoms with Crippen LogP contribution in [0.1, 0.15) is 11.1 Å². The summed E-state index contributed by atoms with van der Waals surface area (Å²) >= 11 is 0. The topological polar surface area (TPSA) is 46.6 Å². The lowest BCUT2D eigenvalue weighted by Crippen LogP contribution is -2.54. The Labute approximate surface area is 139 Å². The number of benzene rings is 2. The molecule has 0 N–H and O–H groups in total. The highest BCUT2D eigenvalue weighted by molar-refractivity contribution is 7.89. The van der Waals surface area contributed by atoms with E-state index in [1.165, 1.54) is 28.6 Å². The summed E-state index contributed by atoms with van der Waals surface area (Å²) in [4.78, 5) is -0.0221. The SMILES string of the molecule is Cc1ccc(F)cc1S(=O)(=O)N1CC(OCc2cccc(F)c2)C1. The third-order valence-corrected chi connectivity index (χ3v) is 5.93. The van der Waals surface area contributed by atoms with Crippen molar-refractivity contribution in [2.75, 3.05) is 13.1 Å². The molecule has 3 rings (SSSR count). The molecule has 1 aliphatic rings. The Morgan fingerprint density at radius 3 is 2.54 bits per heavy atom. The Morgan fingerprint density at radius 2 is 1.83 bits per heavy atom. The largest absolute Gasteiger partial charge is 0.371 e. The van der Waals surface area contributed by atoms with Crippen molar-refractivity contribution in [3.05, 3.63) is 65.2 Å². The molecule has 2 aromatic carbocycles. The zero-order valence-electron chi connectivity index (χ0n) is 13.1. The van der Waals surface area contributed by atoms with Crippen molar-refractivity contribution in [3.8, 4) is 0 Å². The number of hydrogen-bond donors (Lipinski definition) is 0. The molecule has 1 saturated heterocycles. The molecule has 0 bridgehead atoms. The fraction of sp³-hybridized carbons (Fsp3) is 0.294. The molecule has 0 aliphatic carbocycles. The van der Waals surface area contributed by atoms with Crippen LogP contribution in [0.5, 0.6) is 0 Å².